The van der Waals surface area contributed by atoms with Crippen molar-refractivity contribution in [3.05, 3.63) is 0 Å². The highest BCUT2D eigenvalue weighted by atomic mass is 35.7. The molecule has 0 aromatic carbocycles. The molecule has 0 radical (unpaired) electrons. The highest BCUT2D eigenvalue weighted by molar-refractivity contribution is 8.23. The van der Waals surface area contributed by atoms with Crippen LogP contribution in [0.3, 0.4) is 0 Å². The third-order valence-corrected chi connectivity index (χ3v) is 3.10. The maximum atomic E-state index is 11.6. The normalized spacial score (nSPS) is 15.0. The number of hydrogen-bond donors (Lipinski definition) is 0. The number of halogens is 8. The van der Waals surface area contributed by atoms with E-state index in [9.17, 15) is 26.3 Å². The van der Waals surface area contributed by atoms with Gasteiger partial charge in [-0.1, -0.05) is 11.6 Å². The lowest BCUT2D eigenvalue weighted by Crippen LogP contribution is -2.48. The van der Waals surface area contributed by atoms with Crippen LogP contribution < -0.4 is 0 Å². The van der Waals surface area contributed by atoms with Crippen molar-refractivity contribution < 1.29 is 26.3 Å². The van der Waals surface area contributed by atoms with E-state index in [2.05, 4.69) is 22.3 Å². The summed E-state index contributed by atoms with van der Waals surface area (Å²) in [6.45, 7) is 0. The first-order chi connectivity index (χ1) is 5.06. The summed E-state index contributed by atoms with van der Waals surface area (Å²) in [6, 6.07) is 0. The average molecular weight is 253 g/mol. The molecular weight excluding hydrogens is 253 g/mol. The molecule has 0 aliphatic rings. The van der Waals surface area contributed by atoms with Gasteiger partial charge < -0.3 is 0 Å². The summed E-state index contributed by atoms with van der Waals surface area (Å²) in [5.41, 5.74) is 0. The molecular formula is C3Cl2F6S. The fourth-order valence-corrected chi connectivity index (χ4v) is 0.948. The molecule has 0 fully saturated rings. The summed E-state index contributed by atoms with van der Waals surface area (Å²) in [5, 5.41) is 0. The zero-order valence-corrected chi connectivity index (χ0v) is 7.26. The fraction of sp³-hybridized carbons (Fsp3) is 1.00. The van der Waals surface area contributed by atoms with E-state index in [0.29, 0.717) is 0 Å². The predicted molar refractivity (Wildman–Crippen MR) is 34.1 cm³/mol. The molecule has 0 unspecified atom stereocenters. The van der Waals surface area contributed by atoms with E-state index in [1.807, 2.05) is 0 Å². The van der Waals surface area contributed by atoms with Crippen molar-refractivity contribution in [2.45, 2.75) is 16.6 Å². The largest absolute Gasteiger partial charge is 0.427 e. The van der Waals surface area contributed by atoms with Gasteiger partial charge in [-0.15, -0.1) is 0 Å². The van der Waals surface area contributed by atoms with Crippen molar-refractivity contribution in [1.29, 1.82) is 0 Å². The Bertz CT molecular complexity index is 147. The molecule has 0 aromatic heterocycles. The van der Waals surface area contributed by atoms with Crippen LogP contribution in [-0.4, -0.2) is 16.6 Å². The topological polar surface area (TPSA) is 0 Å². The van der Waals surface area contributed by atoms with Crippen LogP contribution in [0.1, 0.15) is 0 Å². The van der Waals surface area contributed by atoms with Crippen molar-refractivity contribution in [1.82, 2.24) is 0 Å². The van der Waals surface area contributed by atoms with Crippen LogP contribution in [0, 0.1) is 0 Å². The molecule has 0 aromatic rings. The second-order valence-corrected chi connectivity index (χ2v) is 3.69. The van der Waals surface area contributed by atoms with Crippen LogP contribution in [0.5, 0.6) is 0 Å². The molecule has 12 heavy (non-hydrogen) atoms. The van der Waals surface area contributed by atoms with Crippen LogP contribution >= 0.6 is 33.3 Å². The standard InChI is InChI=1S/C3Cl2F6S/c4-1(12-5,2(6,7)8)3(9,10)11. The molecule has 0 bridgehead atoms. The number of rotatable bonds is 1. The molecule has 0 nitrogen and oxygen atoms in total. The first-order valence-corrected chi connectivity index (χ1v) is 4.20. The first kappa shape index (κ1) is 12.5. The minimum Gasteiger partial charge on any atom is -0.168 e. The van der Waals surface area contributed by atoms with Gasteiger partial charge in [0.05, 0.1) is 0 Å². The van der Waals surface area contributed by atoms with Crippen molar-refractivity contribution >= 4 is 33.3 Å². The van der Waals surface area contributed by atoms with Gasteiger partial charge in [-0.05, 0) is 21.7 Å². The average Bonchev–Trinajstić information content (AvgIpc) is 1.81. The van der Waals surface area contributed by atoms with Gasteiger partial charge in [-0.2, -0.15) is 26.3 Å². The van der Waals surface area contributed by atoms with E-state index < -0.39 is 27.5 Å². The Kier molecular flexibility index (Phi) is 3.48. The van der Waals surface area contributed by atoms with Crippen molar-refractivity contribution in [2.24, 2.45) is 0 Å². The fourth-order valence-electron chi connectivity index (χ4n) is 0.248. The summed E-state index contributed by atoms with van der Waals surface area (Å²) >= 11 is 4.26. The van der Waals surface area contributed by atoms with Crippen LogP contribution in [0.25, 0.3) is 0 Å². The lowest BCUT2D eigenvalue weighted by atomic mass is 10.4. The van der Waals surface area contributed by atoms with Crippen LogP contribution in [-0.2, 0) is 0 Å². The molecule has 0 amide bonds. The van der Waals surface area contributed by atoms with Crippen molar-refractivity contribution in [3.8, 4) is 0 Å². The first-order valence-electron chi connectivity index (χ1n) is 2.18. The molecule has 0 spiro atoms. The van der Waals surface area contributed by atoms with Gasteiger partial charge >= 0.3 is 12.4 Å². The van der Waals surface area contributed by atoms with Gasteiger partial charge in [0, 0.05) is 0 Å². The second kappa shape index (κ2) is 3.34. The highest BCUT2D eigenvalue weighted by Crippen LogP contribution is 2.56. The smallest absolute Gasteiger partial charge is 0.168 e. The molecule has 0 atom stereocenters. The maximum Gasteiger partial charge on any atom is 0.427 e. The third kappa shape index (κ3) is 2.05. The summed E-state index contributed by atoms with van der Waals surface area (Å²) in [7, 11) is 3.40. The molecule has 0 rings (SSSR count). The summed E-state index contributed by atoms with van der Waals surface area (Å²) < 4.78 is 65.4. The number of alkyl halides is 7. The maximum absolute atomic E-state index is 11.6. The Morgan fingerprint density at radius 2 is 1.08 bits per heavy atom. The van der Waals surface area contributed by atoms with Gasteiger partial charge in [0.1, 0.15) is 0 Å². The Labute approximate surface area is 76.7 Å². The zero-order chi connectivity index (χ0) is 10.2. The van der Waals surface area contributed by atoms with E-state index in [0.717, 1.165) is 0 Å². The lowest BCUT2D eigenvalue weighted by molar-refractivity contribution is -0.238. The monoisotopic (exact) mass is 252 g/mol. The van der Waals surface area contributed by atoms with E-state index in [-0.39, 0.29) is 0 Å². The van der Waals surface area contributed by atoms with E-state index >= 15 is 0 Å². The Morgan fingerprint density at radius 3 is 1.08 bits per heavy atom. The molecule has 0 N–H and O–H groups in total. The van der Waals surface area contributed by atoms with E-state index in [4.69, 9.17) is 0 Å². The molecule has 0 aliphatic heterocycles. The molecule has 0 saturated carbocycles. The van der Waals surface area contributed by atoms with Crippen LogP contribution in [0.2, 0.25) is 0 Å². The second-order valence-electron chi connectivity index (χ2n) is 1.67. The Morgan fingerprint density at radius 1 is 0.833 bits per heavy atom. The summed E-state index contributed by atoms with van der Waals surface area (Å²) in [5.74, 6) is 0. The Hall–Kier alpha value is 0.510. The van der Waals surface area contributed by atoms with Gasteiger partial charge in [0.2, 0.25) is 0 Å². The van der Waals surface area contributed by atoms with Crippen LogP contribution in [0.4, 0.5) is 26.3 Å². The molecule has 74 valence electrons. The molecule has 9 heteroatoms. The minimum absolute atomic E-state index is 1.03. The zero-order valence-electron chi connectivity index (χ0n) is 4.93. The molecule has 0 saturated heterocycles. The number of hydrogen-bond acceptors (Lipinski definition) is 1. The quantitative estimate of drug-likeness (QED) is 0.503. The van der Waals surface area contributed by atoms with Crippen molar-refractivity contribution in [3.63, 3.8) is 0 Å². The third-order valence-electron chi connectivity index (χ3n) is 0.836. The Balaban J connectivity index is 4.95. The van der Waals surface area contributed by atoms with E-state index in [1.165, 1.54) is 0 Å². The predicted octanol–water partition coefficient (Wildman–Crippen LogP) is 3.93. The molecule has 0 heterocycles. The van der Waals surface area contributed by atoms with Gasteiger partial charge in [-0.3, -0.25) is 0 Å². The minimum atomic E-state index is -5.64. The molecule has 0 aliphatic carbocycles. The van der Waals surface area contributed by atoms with Gasteiger partial charge in [0.15, 0.2) is 0 Å². The van der Waals surface area contributed by atoms with E-state index in [1.54, 1.807) is 0 Å². The van der Waals surface area contributed by atoms with Crippen molar-refractivity contribution in [2.75, 3.05) is 0 Å². The summed E-state index contributed by atoms with van der Waals surface area (Å²) in [6.07, 6.45) is -11.3. The van der Waals surface area contributed by atoms with Gasteiger partial charge in [0.25, 0.3) is 4.21 Å². The SMILES string of the molecule is FC(F)(F)C(Cl)(SCl)C(F)(F)F. The highest BCUT2D eigenvalue weighted by Gasteiger charge is 2.71. The van der Waals surface area contributed by atoms with Crippen LogP contribution in [0.15, 0.2) is 0 Å². The van der Waals surface area contributed by atoms with Gasteiger partial charge in [-0.25, -0.2) is 0 Å². The lowest BCUT2D eigenvalue weighted by Gasteiger charge is -2.27. The summed E-state index contributed by atoms with van der Waals surface area (Å²) in [4.78, 5) is 0.